The average Bonchev–Trinajstić information content (AvgIpc) is 3.51. The molecule has 1 saturated heterocycles. The number of carbonyl (C=O) groups is 4. The lowest BCUT2D eigenvalue weighted by Gasteiger charge is -2.62. The van der Waals surface area contributed by atoms with Gasteiger partial charge < -0.3 is 38.4 Å². The summed E-state index contributed by atoms with van der Waals surface area (Å²) in [6.45, 7) is 5.90. The van der Waals surface area contributed by atoms with Crippen LogP contribution < -0.4 is 9.47 Å². The molecule has 1 heterocycles. The lowest BCUT2D eigenvalue weighted by atomic mass is 9.45. The van der Waals surface area contributed by atoms with Crippen molar-refractivity contribution in [1.82, 2.24) is 0 Å². The first-order valence-corrected chi connectivity index (χ1v) is 17.6. The summed E-state index contributed by atoms with van der Waals surface area (Å²) in [4.78, 5) is 66.5. The Bertz CT molecular complexity index is 1760. The predicted octanol–water partition coefficient (Wildman–Crippen LogP) is 4.80. The van der Waals surface area contributed by atoms with Gasteiger partial charge in [0, 0.05) is 23.2 Å². The van der Waals surface area contributed by atoms with Gasteiger partial charge in [-0.1, -0.05) is 24.6 Å². The molecule has 0 spiro atoms. The van der Waals surface area contributed by atoms with Crippen molar-refractivity contribution >= 4 is 23.7 Å². The Hall–Kier alpha value is -4.41. The van der Waals surface area contributed by atoms with Crippen LogP contribution in [0.5, 0.6) is 11.5 Å². The normalized spacial score (nSPS) is 34.8. The summed E-state index contributed by atoms with van der Waals surface area (Å²) in [6, 6.07) is 3.89. The van der Waals surface area contributed by atoms with E-state index in [0.717, 1.165) is 0 Å². The van der Waals surface area contributed by atoms with Crippen molar-refractivity contribution in [3.8, 4) is 11.5 Å². The maximum Gasteiger partial charge on any atom is 0.514 e. The first-order valence-electron chi connectivity index (χ1n) is 17.6. The van der Waals surface area contributed by atoms with Gasteiger partial charge in [0.25, 0.3) is 5.09 Å². The van der Waals surface area contributed by atoms with Gasteiger partial charge in [0.1, 0.15) is 0 Å². The van der Waals surface area contributed by atoms with Crippen LogP contribution >= 0.6 is 0 Å². The summed E-state index contributed by atoms with van der Waals surface area (Å²) >= 11 is 0. The number of esters is 1. The van der Waals surface area contributed by atoms with Crippen molar-refractivity contribution in [2.45, 2.75) is 95.5 Å². The summed E-state index contributed by atoms with van der Waals surface area (Å²) in [5.74, 6) is -4.03. The van der Waals surface area contributed by atoms with Crippen molar-refractivity contribution in [1.29, 1.82) is 0 Å². The van der Waals surface area contributed by atoms with Gasteiger partial charge in [-0.15, -0.1) is 10.1 Å². The van der Waals surface area contributed by atoms with E-state index in [-0.39, 0.29) is 61.7 Å². The molecule has 0 radical (unpaired) electrons. The highest BCUT2D eigenvalue weighted by molar-refractivity contribution is 5.94. The van der Waals surface area contributed by atoms with Crippen LogP contribution in [-0.2, 0) is 33.4 Å². The van der Waals surface area contributed by atoms with Gasteiger partial charge in [0.2, 0.25) is 5.78 Å². The van der Waals surface area contributed by atoms with Gasteiger partial charge >= 0.3 is 12.1 Å². The third-order valence-corrected chi connectivity index (χ3v) is 11.9. The minimum atomic E-state index is -2.13. The molecule has 15 nitrogen and oxygen atoms in total. The number of aliphatic hydroxyl groups excluding tert-OH is 1. The summed E-state index contributed by atoms with van der Waals surface area (Å²) in [5, 5.41) is 21.1. The maximum absolute atomic E-state index is 17.7. The van der Waals surface area contributed by atoms with Crippen molar-refractivity contribution in [3.63, 3.8) is 0 Å². The number of rotatable bonds is 12. The fourth-order valence-electron chi connectivity index (χ4n) is 9.54. The molecule has 1 N–H and O–H groups in total. The number of halogens is 1. The summed E-state index contributed by atoms with van der Waals surface area (Å²) in [7, 11) is 1.29. The second kappa shape index (κ2) is 13.8. The monoisotopic (exact) mass is 745 g/mol. The van der Waals surface area contributed by atoms with Gasteiger partial charge in [-0.2, -0.15) is 0 Å². The highest BCUT2D eigenvalue weighted by Crippen LogP contribution is 2.72. The Labute approximate surface area is 304 Å². The third kappa shape index (κ3) is 6.27. The zero-order chi connectivity index (χ0) is 38.6. The predicted molar refractivity (Wildman–Crippen MR) is 179 cm³/mol. The van der Waals surface area contributed by atoms with E-state index in [0.29, 0.717) is 18.4 Å². The molecule has 8 atom stereocenters. The van der Waals surface area contributed by atoms with Crippen molar-refractivity contribution in [3.05, 3.63) is 57.7 Å². The van der Waals surface area contributed by atoms with E-state index in [1.807, 2.05) is 6.08 Å². The Balaban J connectivity index is 1.15. The van der Waals surface area contributed by atoms with Crippen molar-refractivity contribution in [2.24, 2.45) is 22.7 Å². The number of nitrogens with zero attached hydrogens (tertiary/aromatic N) is 1. The van der Waals surface area contributed by atoms with Gasteiger partial charge in [0.15, 0.2) is 40.9 Å². The number of alkyl halides is 1. The molecule has 288 valence electrons. The molecule has 0 aromatic heterocycles. The van der Waals surface area contributed by atoms with Crippen LogP contribution in [0, 0.1) is 32.8 Å². The molecule has 53 heavy (non-hydrogen) atoms. The first kappa shape index (κ1) is 38.3. The molecule has 5 aliphatic rings. The fraction of sp³-hybridized carbons (Fsp3) is 0.622. The van der Waals surface area contributed by atoms with Crippen LogP contribution in [0.25, 0.3) is 0 Å². The molecular weight excluding hydrogens is 701 g/mol. The molecule has 6 rings (SSSR count). The average molecular weight is 746 g/mol. The minimum Gasteiger partial charge on any atom is -0.493 e. The van der Waals surface area contributed by atoms with Crippen LogP contribution in [0.2, 0.25) is 0 Å². The largest absolute Gasteiger partial charge is 0.514 e. The quantitative estimate of drug-likeness (QED) is 0.0765. The molecule has 1 aromatic rings. The third-order valence-electron chi connectivity index (χ3n) is 11.9. The Morgan fingerprint density at radius 1 is 1.08 bits per heavy atom. The van der Waals surface area contributed by atoms with E-state index in [2.05, 4.69) is 4.84 Å². The lowest BCUT2D eigenvalue weighted by Crippen LogP contribution is -2.69. The number of hydrogen-bond acceptors (Lipinski definition) is 14. The first-order chi connectivity index (χ1) is 24.9. The van der Waals surface area contributed by atoms with Crippen LogP contribution in [0.1, 0.15) is 76.6 Å². The number of fused-ring (bicyclic) bond motifs is 7. The number of carbonyl (C=O) groups excluding carboxylic acids is 4. The molecule has 4 aliphatic carbocycles. The smallest absolute Gasteiger partial charge is 0.493 e. The molecule has 2 saturated carbocycles. The fourth-order valence-corrected chi connectivity index (χ4v) is 9.54. The number of Topliss-reactive ketones (excluding diaryl/α,β-unsaturated/α-hetero) is 1. The SMILES string of the molecule is COc1cc(C(=O)OCCCCO[N+](=O)[O-])ccc1OC(=O)OCC(=O)[C@@]12OC(C)(C)O[C@@H]1C[C@H]1C3CC=C4CC(=O)C=C[C@]4(C)[C@@]3(F)[C@@H](O)C[C@@]12C. The number of ketones is 2. The number of ether oxygens (including phenoxy) is 6. The van der Waals surface area contributed by atoms with Crippen LogP contribution in [0.4, 0.5) is 9.18 Å². The Morgan fingerprint density at radius 3 is 2.53 bits per heavy atom. The second-order valence-electron chi connectivity index (χ2n) is 15.2. The standard InChI is InChI=1S/C37H44FNO14/c1-33(2)52-30-18-25-24-10-9-22-17-23(40)12-13-34(22,3)36(24,38)28(41)19-35(25,4)37(30,53-33)29(42)20-49-32(44)51-26-11-8-21(16-27(26)47-5)31(43)48-14-6-7-15-50-39(45)46/h8-9,11-13,16,24-25,28,30,41H,6-7,10,14-15,17-20H2,1-5H3/t24?,25-,28-,30+,34-,35-,36-,37+/m0/s1. The summed E-state index contributed by atoms with van der Waals surface area (Å²) in [6.07, 6.45) is 2.28. The zero-order valence-electron chi connectivity index (χ0n) is 30.2. The van der Waals surface area contributed by atoms with Crippen LogP contribution in [-0.4, -0.2) is 90.1 Å². The summed E-state index contributed by atoms with van der Waals surface area (Å²) < 4.78 is 51.5. The van der Waals surface area contributed by atoms with Crippen molar-refractivity contribution < 1.29 is 67.0 Å². The zero-order valence-corrected chi connectivity index (χ0v) is 30.2. The Kier molecular flexibility index (Phi) is 9.96. The number of hydrogen-bond donors (Lipinski definition) is 1. The number of aliphatic hydroxyl groups is 1. The van der Waals surface area contributed by atoms with E-state index in [1.165, 1.54) is 31.4 Å². The summed E-state index contributed by atoms with van der Waals surface area (Å²) in [5.41, 5.74) is -5.47. The van der Waals surface area contributed by atoms with Crippen molar-refractivity contribution in [2.75, 3.05) is 26.9 Å². The molecule has 3 fully saturated rings. The topological polar surface area (TPSA) is 196 Å². The number of methoxy groups -OCH3 is 1. The second-order valence-corrected chi connectivity index (χ2v) is 15.2. The number of allylic oxidation sites excluding steroid dienone is 4. The molecular formula is C37H44FNO14. The molecule has 0 bridgehead atoms. The minimum absolute atomic E-state index is 0.0114. The molecule has 1 unspecified atom stereocenters. The molecule has 1 aliphatic heterocycles. The van der Waals surface area contributed by atoms with Gasteiger partial charge in [-0.05, 0) is 83.1 Å². The van der Waals surface area contributed by atoms with E-state index in [9.17, 15) is 34.4 Å². The molecule has 16 heteroatoms. The Morgan fingerprint density at radius 2 is 1.81 bits per heavy atom. The number of benzene rings is 1. The van der Waals surface area contributed by atoms with E-state index >= 15 is 4.39 Å². The highest BCUT2D eigenvalue weighted by Gasteiger charge is 2.80. The van der Waals surface area contributed by atoms with E-state index in [4.69, 9.17) is 28.4 Å². The number of unbranched alkanes of at least 4 members (excludes halogenated alkanes) is 1. The van der Waals surface area contributed by atoms with Gasteiger partial charge in [-0.25, -0.2) is 14.0 Å². The molecule has 1 aromatic carbocycles. The highest BCUT2D eigenvalue weighted by atomic mass is 19.1. The van der Waals surface area contributed by atoms with Crippen LogP contribution in [0.3, 0.4) is 0 Å². The molecule has 0 amide bonds. The maximum atomic E-state index is 17.7. The van der Waals surface area contributed by atoms with Gasteiger partial charge in [-0.3, -0.25) is 9.59 Å². The van der Waals surface area contributed by atoms with Crippen LogP contribution in [0.15, 0.2) is 42.0 Å². The van der Waals surface area contributed by atoms with E-state index in [1.54, 1.807) is 33.8 Å². The van der Waals surface area contributed by atoms with E-state index < -0.39 is 81.5 Å². The van der Waals surface area contributed by atoms with Gasteiger partial charge in [0.05, 0.1) is 38.1 Å². The lowest BCUT2D eigenvalue weighted by molar-refractivity contribution is -0.757.